The largest absolute Gasteiger partial charge is 0.444 e. The molecule has 1 amide bonds. The van der Waals surface area contributed by atoms with Gasteiger partial charge >= 0.3 is 6.09 Å². The highest BCUT2D eigenvalue weighted by atomic mass is 127. The van der Waals surface area contributed by atoms with Crippen LogP contribution in [-0.2, 0) is 9.47 Å². The molecule has 2 aliphatic rings. The van der Waals surface area contributed by atoms with Crippen LogP contribution in [0.1, 0.15) is 61.8 Å². The van der Waals surface area contributed by atoms with Crippen molar-refractivity contribution < 1.29 is 14.3 Å². The Morgan fingerprint density at radius 1 is 1.25 bits per heavy atom. The van der Waals surface area contributed by atoms with Crippen LogP contribution in [0, 0.1) is 11.3 Å². The van der Waals surface area contributed by atoms with Crippen LogP contribution in [0.25, 0.3) is 0 Å². The Bertz CT molecular complexity index is 572. The summed E-state index contributed by atoms with van der Waals surface area (Å²) in [5.74, 6) is 1.32. The third-order valence-electron chi connectivity index (χ3n) is 5.21. The molecular formula is C20H39IN4O3. The Hall–Kier alpha value is -0.770. The van der Waals surface area contributed by atoms with E-state index < -0.39 is 17.2 Å². The van der Waals surface area contributed by atoms with Gasteiger partial charge in [0.05, 0.1) is 18.2 Å². The van der Waals surface area contributed by atoms with E-state index in [1.165, 1.54) is 0 Å². The highest BCUT2D eigenvalue weighted by Gasteiger charge is 2.59. The number of ether oxygens (including phenoxy) is 2. The first-order valence-corrected chi connectivity index (χ1v) is 10.0. The van der Waals surface area contributed by atoms with Crippen molar-refractivity contribution >= 4 is 36.0 Å². The van der Waals surface area contributed by atoms with Crippen molar-refractivity contribution in [1.29, 1.82) is 0 Å². The fourth-order valence-corrected chi connectivity index (χ4v) is 3.98. The minimum absolute atomic E-state index is 0. The van der Waals surface area contributed by atoms with E-state index in [1.54, 1.807) is 0 Å². The van der Waals surface area contributed by atoms with Gasteiger partial charge in [-0.2, -0.15) is 0 Å². The van der Waals surface area contributed by atoms with E-state index in [0.717, 1.165) is 25.5 Å². The molecule has 3 N–H and O–H groups in total. The number of guanidine groups is 1. The summed E-state index contributed by atoms with van der Waals surface area (Å²) in [6, 6.07) is 0.338. The zero-order valence-electron chi connectivity index (χ0n) is 18.6. The van der Waals surface area contributed by atoms with Crippen molar-refractivity contribution in [3.8, 4) is 0 Å². The molecule has 1 aliphatic carbocycles. The van der Waals surface area contributed by atoms with Crippen LogP contribution in [0.15, 0.2) is 4.99 Å². The number of nitrogens with zero attached hydrogens (tertiary/aromatic N) is 1. The maximum Gasteiger partial charge on any atom is 0.408 e. The summed E-state index contributed by atoms with van der Waals surface area (Å²) in [5, 5.41) is 9.81. The normalized spacial score (nSPS) is 26.4. The van der Waals surface area contributed by atoms with Crippen molar-refractivity contribution in [1.82, 2.24) is 16.0 Å². The van der Waals surface area contributed by atoms with E-state index in [-0.39, 0.29) is 29.4 Å². The SMILES string of the molecule is CCNC(=NCC(C)(C)NC(=O)OC(C)(C)C)NC1C2CCOC2C1(C)C.I. The number of amides is 1. The van der Waals surface area contributed by atoms with Gasteiger partial charge in [0.1, 0.15) is 5.60 Å². The van der Waals surface area contributed by atoms with Crippen molar-refractivity contribution in [2.24, 2.45) is 16.3 Å². The van der Waals surface area contributed by atoms with Crippen LogP contribution in [0.4, 0.5) is 4.79 Å². The number of alkyl carbamates (subject to hydrolysis) is 1. The Morgan fingerprint density at radius 2 is 1.89 bits per heavy atom. The summed E-state index contributed by atoms with van der Waals surface area (Å²) in [5.41, 5.74) is -0.948. The Kier molecular flexibility index (Phi) is 8.45. The second-order valence-corrected chi connectivity index (χ2v) is 9.89. The number of fused-ring (bicyclic) bond motifs is 1. The molecule has 0 aromatic heterocycles. The molecule has 3 unspecified atom stereocenters. The van der Waals surface area contributed by atoms with E-state index in [1.807, 2.05) is 34.6 Å². The molecule has 1 saturated heterocycles. The average molecular weight is 510 g/mol. The molecule has 2 rings (SSSR count). The molecular weight excluding hydrogens is 471 g/mol. The van der Waals surface area contributed by atoms with Gasteiger partial charge in [0.25, 0.3) is 0 Å². The Balaban J connectivity index is 0.00000392. The lowest BCUT2D eigenvalue weighted by molar-refractivity contribution is -0.106. The highest BCUT2D eigenvalue weighted by Crippen LogP contribution is 2.52. The molecule has 1 saturated carbocycles. The molecule has 3 atom stereocenters. The summed E-state index contributed by atoms with van der Waals surface area (Å²) in [6.45, 7) is 18.1. The van der Waals surface area contributed by atoms with Crippen LogP contribution in [0.5, 0.6) is 0 Å². The molecule has 0 bridgehead atoms. The van der Waals surface area contributed by atoms with Crippen LogP contribution in [0.2, 0.25) is 0 Å². The van der Waals surface area contributed by atoms with Crippen LogP contribution < -0.4 is 16.0 Å². The standard InChI is InChI=1S/C20H38N4O3.HI/c1-9-21-16(23-14-13-10-11-26-15(13)20(14,7)8)22-12-19(5,6)24-17(25)27-18(2,3)4;/h13-15H,9-12H2,1-8H3,(H,24,25)(H2,21,22,23);1H. The first-order chi connectivity index (χ1) is 12.4. The predicted octanol–water partition coefficient (Wildman–Crippen LogP) is 3.28. The average Bonchev–Trinajstić information content (AvgIpc) is 2.94. The molecule has 28 heavy (non-hydrogen) atoms. The molecule has 0 radical (unpaired) electrons. The van der Waals surface area contributed by atoms with Gasteiger partial charge in [0.15, 0.2) is 5.96 Å². The number of hydrogen-bond donors (Lipinski definition) is 3. The summed E-state index contributed by atoms with van der Waals surface area (Å²) in [4.78, 5) is 16.8. The fraction of sp³-hybridized carbons (Fsp3) is 0.900. The lowest BCUT2D eigenvalue weighted by atomic mass is 9.57. The lowest BCUT2D eigenvalue weighted by Crippen LogP contribution is -2.68. The van der Waals surface area contributed by atoms with Gasteiger partial charge in [-0.05, 0) is 48.0 Å². The Labute approximate surface area is 187 Å². The molecule has 1 heterocycles. The van der Waals surface area contributed by atoms with Gasteiger partial charge in [0, 0.05) is 30.5 Å². The van der Waals surface area contributed by atoms with Gasteiger partial charge < -0.3 is 25.4 Å². The first-order valence-electron chi connectivity index (χ1n) is 10.0. The van der Waals surface area contributed by atoms with E-state index >= 15 is 0 Å². The van der Waals surface area contributed by atoms with Crippen molar-refractivity contribution in [2.45, 2.75) is 85.1 Å². The Morgan fingerprint density at radius 3 is 2.46 bits per heavy atom. The smallest absolute Gasteiger partial charge is 0.408 e. The highest BCUT2D eigenvalue weighted by molar-refractivity contribution is 14.0. The fourth-order valence-electron chi connectivity index (χ4n) is 3.98. The number of carbonyl (C=O) groups excluding carboxylic acids is 1. The zero-order chi connectivity index (χ0) is 20.5. The third-order valence-corrected chi connectivity index (χ3v) is 5.21. The van der Waals surface area contributed by atoms with Gasteiger partial charge in [-0.1, -0.05) is 13.8 Å². The molecule has 1 aliphatic heterocycles. The first kappa shape index (κ1) is 25.3. The lowest BCUT2D eigenvalue weighted by Gasteiger charge is -2.55. The topological polar surface area (TPSA) is 84.0 Å². The molecule has 0 aromatic carbocycles. The maximum absolute atomic E-state index is 12.1. The van der Waals surface area contributed by atoms with Crippen molar-refractivity contribution in [2.75, 3.05) is 19.7 Å². The minimum Gasteiger partial charge on any atom is -0.444 e. The van der Waals surface area contributed by atoms with Crippen molar-refractivity contribution in [3.63, 3.8) is 0 Å². The number of nitrogens with one attached hydrogen (secondary N) is 3. The number of carbonyl (C=O) groups is 1. The summed E-state index contributed by atoms with van der Waals surface area (Å²) >= 11 is 0. The molecule has 8 heteroatoms. The van der Waals surface area contributed by atoms with Gasteiger partial charge in [0.2, 0.25) is 0 Å². The maximum atomic E-state index is 12.1. The molecule has 0 aromatic rings. The number of hydrogen-bond acceptors (Lipinski definition) is 4. The van der Waals surface area contributed by atoms with E-state index in [9.17, 15) is 4.79 Å². The van der Waals surface area contributed by atoms with Gasteiger partial charge in [-0.25, -0.2) is 4.79 Å². The number of halogens is 1. The second kappa shape index (κ2) is 9.36. The minimum atomic E-state index is -0.518. The number of rotatable bonds is 5. The zero-order valence-corrected chi connectivity index (χ0v) is 21.0. The van der Waals surface area contributed by atoms with Crippen LogP contribution in [0.3, 0.4) is 0 Å². The third kappa shape index (κ3) is 6.37. The van der Waals surface area contributed by atoms with E-state index in [0.29, 0.717) is 24.6 Å². The summed E-state index contributed by atoms with van der Waals surface area (Å²) < 4.78 is 11.2. The molecule has 2 fully saturated rings. The second-order valence-electron chi connectivity index (χ2n) is 9.89. The monoisotopic (exact) mass is 510 g/mol. The van der Waals surface area contributed by atoms with Gasteiger partial charge in [-0.3, -0.25) is 4.99 Å². The van der Waals surface area contributed by atoms with Crippen molar-refractivity contribution in [3.05, 3.63) is 0 Å². The van der Waals surface area contributed by atoms with E-state index in [4.69, 9.17) is 14.5 Å². The van der Waals surface area contributed by atoms with E-state index in [2.05, 4.69) is 36.7 Å². The van der Waals surface area contributed by atoms with Crippen LogP contribution in [-0.4, -0.2) is 55.0 Å². The van der Waals surface area contributed by atoms with Crippen LogP contribution >= 0.6 is 24.0 Å². The predicted molar refractivity (Wildman–Crippen MR) is 123 cm³/mol. The van der Waals surface area contributed by atoms with Gasteiger partial charge in [-0.15, -0.1) is 24.0 Å². The molecule has 0 spiro atoms. The summed E-state index contributed by atoms with van der Waals surface area (Å²) in [7, 11) is 0. The quantitative estimate of drug-likeness (QED) is 0.301. The molecule has 164 valence electrons. The molecule has 7 nitrogen and oxygen atoms in total. The summed E-state index contributed by atoms with van der Waals surface area (Å²) in [6.07, 6.45) is 1.01. The number of aliphatic imine (C=N–C) groups is 1.